The zero-order chi connectivity index (χ0) is 19.5. The second kappa shape index (κ2) is 7.64. The van der Waals surface area contributed by atoms with Gasteiger partial charge >= 0.3 is 0 Å². The van der Waals surface area contributed by atoms with Gasteiger partial charge in [-0.2, -0.15) is 5.10 Å². The Morgan fingerprint density at radius 2 is 2.04 bits per heavy atom. The van der Waals surface area contributed by atoms with Crippen LogP contribution in [0.3, 0.4) is 0 Å². The normalized spacial score (nSPS) is 15.8. The Morgan fingerprint density at radius 1 is 1.21 bits per heavy atom. The minimum atomic E-state index is -0.600. The third-order valence-corrected chi connectivity index (χ3v) is 4.57. The highest BCUT2D eigenvalue weighted by Gasteiger charge is 2.28. The molecule has 1 atom stereocenters. The molecule has 0 saturated carbocycles. The van der Waals surface area contributed by atoms with Crippen LogP contribution in [0.1, 0.15) is 28.9 Å². The standard InChI is InChI=1S/C21H21N5O2/c1-14-10-15(2)26(24-14)20-9-8-16(12-22-20)13-23-21(27)19-11-18(25-28-19)17-6-4-3-5-7-17/h3-10,12,19H,11,13H2,1-2H3,(H,23,27). The van der Waals surface area contributed by atoms with Gasteiger partial charge in [0.2, 0.25) is 6.10 Å². The fourth-order valence-electron chi connectivity index (χ4n) is 3.13. The summed E-state index contributed by atoms with van der Waals surface area (Å²) in [6.45, 7) is 4.32. The third kappa shape index (κ3) is 3.78. The molecule has 28 heavy (non-hydrogen) atoms. The zero-order valence-corrected chi connectivity index (χ0v) is 15.8. The minimum absolute atomic E-state index is 0.183. The number of hydrogen-bond donors (Lipinski definition) is 1. The first-order chi connectivity index (χ1) is 13.6. The summed E-state index contributed by atoms with van der Waals surface area (Å²) in [5.41, 5.74) is 4.64. The summed E-state index contributed by atoms with van der Waals surface area (Å²) >= 11 is 0. The molecule has 142 valence electrons. The van der Waals surface area contributed by atoms with Crippen LogP contribution in [-0.2, 0) is 16.2 Å². The number of rotatable bonds is 5. The number of nitrogens with one attached hydrogen (secondary N) is 1. The summed E-state index contributed by atoms with van der Waals surface area (Å²) < 4.78 is 1.80. The Labute approximate surface area is 163 Å². The molecule has 0 bridgehead atoms. The Kier molecular flexibility index (Phi) is 4.89. The number of benzene rings is 1. The van der Waals surface area contributed by atoms with Crippen molar-refractivity contribution in [1.29, 1.82) is 0 Å². The fourth-order valence-corrected chi connectivity index (χ4v) is 3.13. The lowest BCUT2D eigenvalue weighted by Crippen LogP contribution is -2.34. The summed E-state index contributed by atoms with van der Waals surface area (Å²) in [4.78, 5) is 22.1. The van der Waals surface area contributed by atoms with Gasteiger partial charge in [0.15, 0.2) is 5.82 Å². The topological polar surface area (TPSA) is 81.4 Å². The molecule has 3 aromatic rings. The van der Waals surface area contributed by atoms with E-state index in [0.29, 0.717) is 13.0 Å². The van der Waals surface area contributed by atoms with Gasteiger partial charge in [-0.3, -0.25) is 4.79 Å². The summed E-state index contributed by atoms with van der Waals surface area (Å²) in [6, 6.07) is 15.6. The third-order valence-electron chi connectivity index (χ3n) is 4.57. The minimum Gasteiger partial charge on any atom is -0.382 e. The Balaban J connectivity index is 1.32. The Hall–Kier alpha value is -3.48. The average Bonchev–Trinajstić information content (AvgIpc) is 3.34. The van der Waals surface area contributed by atoms with Gasteiger partial charge in [0.05, 0.1) is 11.4 Å². The van der Waals surface area contributed by atoms with Gasteiger partial charge in [0, 0.05) is 24.9 Å². The van der Waals surface area contributed by atoms with E-state index in [0.717, 1.165) is 34.0 Å². The van der Waals surface area contributed by atoms with Crippen molar-refractivity contribution in [2.45, 2.75) is 32.9 Å². The number of carbonyl (C=O) groups is 1. The van der Waals surface area contributed by atoms with Crippen LogP contribution in [0.2, 0.25) is 0 Å². The maximum absolute atomic E-state index is 12.4. The Morgan fingerprint density at radius 3 is 2.71 bits per heavy atom. The molecule has 7 heteroatoms. The molecule has 1 aliphatic heterocycles. The molecule has 1 aromatic carbocycles. The first-order valence-electron chi connectivity index (χ1n) is 9.14. The molecule has 0 radical (unpaired) electrons. The van der Waals surface area contributed by atoms with Crippen molar-refractivity contribution in [3.05, 3.63) is 77.2 Å². The van der Waals surface area contributed by atoms with Crippen LogP contribution in [0, 0.1) is 13.8 Å². The van der Waals surface area contributed by atoms with Gasteiger partial charge < -0.3 is 10.2 Å². The molecule has 0 saturated heterocycles. The molecular formula is C21H21N5O2. The maximum Gasteiger partial charge on any atom is 0.264 e. The van der Waals surface area contributed by atoms with Crippen LogP contribution in [0.15, 0.2) is 59.9 Å². The second-order valence-corrected chi connectivity index (χ2v) is 6.78. The maximum atomic E-state index is 12.4. The second-order valence-electron chi connectivity index (χ2n) is 6.78. The number of amides is 1. The summed E-state index contributed by atoms with van der Waals surface area (Å²) in [7, 11) is 0. The van der Waals surface area contributed by atoms with Crippen LogP contribution < -0.4 is 5.32 Å². The highest BCUT2D eigenvalue weighted by atomic mass is 16.6. The van der Waals surface area contributed by atoms with Gasteiger partial charge in [-0.1, -0.05) is 41.6 Å². The van der Waals surface area contributed by atoms with E-state index in [1.807, 2.05) is 62.4 Å². The van der Waals surface area contributed by atoms with Gasteiger partial charge in [0.25, 0.3) is 5.91 Å². The van der Waals surface area contributed by atoms with Gasteiger partial charge in [-0.05, 0) is 37.1 Å². The molecule has 1 aliphatic rings. The van der Waals surface area contributed by atoms with Crippen molar-refractivity contribution in [2.24, 2.45) is 5.16 Å². The summed E-state index contributed by atoms with van der Waals surface area (Å²) in [6.07, 6.45) is 1.61. The van der Waals surface area contributed by atoms with Crippen LogP contribution in [0.25, 0.3) is 5.82 Å². The van der Waals surface area contributed by atoms with Crippen molar-refractivity contribution in [2.75, 3.05) is 0 Å². The highest BCUT2D eigenvalue weighted by Crippen LogP contribution is 2.17. The van der Waals surface area contributed by atoms with Crippen LogP contribution in [0.4, 0.5) is 0 Å². The summed E-state index contributed by atoms with van der Waals surface area (Å²) in [5.74, 6) is 0.568. The number of aromatic nitrogens is 3. The molecular weight excluding hydrogens is 354 g/mol. The number of hydrogen-bond acceptors (Lipinski definition) is 5. The molecule has 0 spiro atoms. The molecule has 2 aromatic heterocycles. The van der Waals surface area contributed by atoms with Crippen LogP contribution in [0.5, 0.6) is 0 Å². The molecule has 4 rings (SSSR count). The highest BCUT2D eigenvalue weighted by molar-refractivity contribution is 6.04. The van der Waals surface area contributed by atoms with Crippen LogP contribution in [-0.4, -0.2) is 32.5 Å². The van der Waals surface area contributed by atoms with E-state index in [1.165, 1.54) is 0 Å². The molecule has 0 aliphatic carbocycles. The van der Waals surface area contributed by atoms with Crippen LogP contribution >= 0.6 is 0 Å². The number of carbonyl (C=O) groups excluding carboxylic acids is 1. The smallest absolute Gasteiger partial charge is 0.264 e. The van der Waals surface area contributed by atoms with Crippen molar-refractivity contribution in [3.63, 3.8) is 0 Å². The molecule has 0 fully saturated rings. The first-order valence-corrected chi connectivity index (χ1v) is 9.14. The first kappa shape index (κ1) is 17.9. The molecule has 3 heterocycles. The van der Waals surface area contributed by atoms with E-state index in [9.17, 15) is 4.79 Å². The van der Waals surface area contributed by atoms with E-state index in [2.05, 4.69) is 20.6 Å². The van der Waals surface area contributed by atoms with E-state index in [-0.39, 0.29) is 5.91 Å². The van der Waals surface area contributed by atoms with Gasteiger partial charge in [0.1, 0.15) is 0 Å². The predicted molar refractivity (Wildman–Crippen MR) is 105 cm³/mol. The lowest BCUT2D eigenvalue weighted by atomic mass is 10.0. The van der Waals surface area contributed by atoms with Crippen molar-refractivity contribution >= 4 is 11.6 Å². The number of nitrogens with zero attached hydrogens (tertiary/aromatic N) is 4. The number of pyridine rings is 1. The average molecular weight is 375 g/mol. The lowest BCUT2D eigenvalue weighted by Gasteiger charge is -2.10. The van der Waals surface area contributed by atoms with Crippen molar-refractivity contribution < 1.29 is 9.63 Å². The van der Waals surface area contributed by atoms with E-state index < -0.39 is 6.10 Å². The molecule has 1 unspecified atom stereocenters. The van der Waals surface area contributed by atoms with Crippen molar-refractivity contribution in [1.82, 2.24) is 20.1 Å². The SMILES string of the molecule is Cc1cc(C)n(-c2ccc(CNC(=O)C3CC(c4ccccc4)=NO3)cn2)n1. The Bertz CT molecular complexity index is 1010. The quantitative estimate of drug-likeness (QED) is 0.743. The zero-order valence-electron chi connectivity index (χ0n) is 15.8. The van der Waals surface area contributed by atoms with Crippen molar-refractivity contribution in [3.8, 4) is 5.82 Å². The molecule has 1 N–H and O–H groups in total. The van der Waals surface area contributed by atoms with E-state index in [1.54, 1.807) is 10.9 Å². The molecule has 1 amide bonds. The molecule has 7 nitrogen and oxygen atoms in total. The number of oxime groups is 1. The summed E-state index contributed by atoms with van der Waals surface area (Å²) in [5, 5.41) is 11.4. The number of aryl methyl sites for hydroxylation is 2. The monoisotopic (exact) mass is 375 g/mol. The van der Waals surface area contributed by atoms with E-state index in [4.69, 9.17) is 4.84 Å². The van der Waals surface area contributed by atoms with Gasteiger partial charge in [-0.25, -0.2) is 9.67 Å². The predicted octanol–water partition coefficient (Wildman–Crippen LogP) is 2.69. The lowest BCUT2D eigenvalue weighted by molar-refractivity contribution is -0.131. The fraction of sp³-hybridized carbons (Fsp3) is 0.238. The van der Waals surface area contributed by atoms with E-state index >= 15 is 0 Å². The van der Waals surface area contributed by atoms with Gasteiger partial charge in [-0.15, -0.1) is 0 Å². The largest absolute Gasteiger partial charge is 0.382 e.